The zero-order valence-electron chi connectivity index (χ0n) is 11.0. The van der Waals surface area contributed by atoms with Gasteiger partial charge in [-0.25, -0.2) is 0 Å². The minimum absolute atomic E-state index is 0. The van der Waals surface area contributed by atoms with Crippen molar-refractivity contribution in [3.05, 3.63) is 28.2 Å². The molecule has 0 aromatic heterocycles. The molecule has 1 aromatic rings. The van der Waals surface area contributed by atoms with Crippen LogP contribution in [0.2, 0.25) is 0 Å². The first-order valence-corrected chi connectivity index (χ1v) is 7.04. The van der Waals surface area contributed by atoms with Crippen molar-refractivity contribution in [1.82, 2.24) is 0 Å². The Morgan fingerprint density at radius 1 is 1.29 bits per heavy atom. The molecule has 2 N–H and O–H groups in total. The monoisotopic (exact) mass is 389 g/mol. The van der Waals surface area contributed by atoms with Gasteiger partial charge >= 0.3 is 6.36 Å². The first-order chi connectivity index (χ1) is 9.37. The van der Waals surface area contributed by atoms with Crippen LogP contribution in [0.5, 0.6) is 5.75 Å². The van der Waals surface area contributed by atoms with Gasteiger partial charge in [-0.05, 0) is 37.0 Å². The number of alkyl halides is 3. The molecule has 1 fully saturated rings. The van der Waals surface area contributed by atoms with Crippen molar-refractivity contribution in [1.29, 1.82) is 0 Å². The van der Waals surface area contributed by atoms with Crippen LogP contribution in [0.25, 0.3) is 0 Å². The second kappa shape index (κ2) is 7.67. The first kappa shape index (κ1) is 18.5. The van der Waals surface area contributed by atoms with Crippen LogP contribution in [0.3, 0.4) is 0 Å². The smallest absolute Gasteiger partial charge is 0.405 e. The number of ether oxygens (including phenoxy) is 2. The van der Waals surface area contributed by atoms with Crippen LogP contribution in [0.15, 0.2) is 22.7 Å². The number of hydrogen-bond acceptors (Lipinski definition) is 3. The highest BCUT2D eigenvalue weighted by molar-refractivity contribution is 9.10. The molecule has 0 bridgehead atoms. The number of nitrogens with two attached hydrogens (primary N) is 1. The third kappa shape index (κ3) is 5.32. The van der Waals surface area contributed by atoms with E-state index in [0.717, 1.165) is 12.8 Å². The van der Waals surface area contributed by atoms with Crippen molar-refractivity contribution in [3.8, 4) is 5.75 Å². The summed E-state index contributed by atoms with van der Waals surface area (Å²) in [5, 5.41) is 0. The summed E-state index contributed by atoms with van der Waals surface area (Å²) in [6, 6.07) is 3.86. The largest absolute Gasteiger partial charge is 0.573 e. The highest BCUT2D eigenvalue weighted by Gasteiger charge is 2.34. The van der Waals surface area contributed by atoms with E-state index in [1.54, 1.807) is 6.07 Å². The SMILES string of the molecule is Cl.N[C@@H](c1cc(Br)ccc1OC(F)(F)F)C1CCOCC1. The molecule has 0 spiro atoms. The van der Waals surface area contributed by atoms with Gasteiger partial charge in [0.2, 0.25) is 0 Å². The van der Waals surface area contributed by atoms with E-state index < -0.39 is 12.4 Å². The van der Waals surface area contributed by atoms with Gasteiger partial charge in [0.25, 0.3) is 0 Å². The van der Waals surface area contributed by atoms with Crippen molar-refractivity contribution >= 4 is 28.3 Å². The van der Waals surface area contributed by atoms with E-state index >= 15 is 0 Å². The van der Waals surface area contributed by atoms with Gasteiger partial charge in [-0.3, -0.25) is 0 Å². The summed E-state index contributed by atoms with van der Waals surface area (Å²) in [4.78, 5) is 0. The molecule has 0 unspecified atom stereocenters. The van der Waals surface area contributed by atoms with Crippen molar-refractivity contribution in [2.75, 3.05) is 13.2 Å². The molecule has 120 valence electrons. The Bertz CT molecular complexity index is 467. The molecule has 0 saturated carbocycles. The van der Waals surface area contributed by atoms with E-state index in [1.165, 1.54) is 12.1 Å². The minimum Gasteiger partial charge on any atom is -0.405 e. The van der Waals surface area contributed by atoms with E-state index in [0.29, 0.717) is 23.2 Å². The summed E-state index contributed by atoms with van der Waals surface area (Å²) >= 11 is 3.25. The molecule has 1 aliphatic rings. The van der Waals surface area contributed by atoms with Crippen LogP contribution >= 0.6 is 28.3 Å². The summed E-state index contributed by atoms with van der Waals surface area (Å²) in [7, 11) is 0. The van der Waals surface area contributed by atoms with Crippen molar-refractivity contribution < 1.29 is 22.6 Å². The summed E-state index contributed by atoms with van der Waals surface area (Å²) in [6.45, 7) is 1.17. The van der Waals surface area contributed by atoms with Crippen LogP contribution in [0.1, 0.15) is 24.4 Å². The molecule has 8 heteroatoms. The first-order valence-electron chi connectivity index (χ1n) is 6.25. The quantitative estimate of drug-likeness (QED) is 0.841. The lowest BCUT2D eigenvalue weighted by atomic mass is 9.87. The topological polar surface area (TPSA) is 44.5 Å². The lowest BCUT2D eigenvalue weighted by Crippen LogP contribution is -2.28. The third-order valence-corrected chi connectivity index (χ3v) is 3.82. The predicted molar refractivity (Wildman–Crippen MR) is 78.5 cm³/mol. The Labute approximate surface area is 135 Å². The standard InChI is InChI=1S/C13H15BrF3NO2.ClH/c14-9-1-2-11(20-13(15,16)17)10(7-9)12(18)8-3-5-19-6-4-8;/h1-2,7-8,12H,3-6,18H2;1H/t12-;/m1./s1. The van der Waals surface area contributed by atoms with Gasteiger partial charge < -0.3 is 15.2 Å². The molecule has 3 nitrogen and oxygen atoms in total. The zero-order chi connectivity index (χ0) is 14.8. The molecular formula is C13H16BrClF3NO2. The fourth-order valence-corrected chi connectivity index (χ4v) is 2.71. The van der Waals surface area contributed by atoms with Gasteiger partial charge in [0.05, 0.1) is 0 Å². The number of hydrogen-bond donors (Lipinski definition) is 1. The summed E-state index contributed by atoms with van der Waals surface area (Å²) < 4.78 is 47.3. The lowest BCUT2D eigenvalue weighted by molar-refractivity contribution is -0.275. The zero-order valence-corrected chi connectivity index (χ0v) is 13.4. The molecule has 0 radical (unpaired) electrons. The highest BCUT2D eigenvalue weighted by Crippen LogP contribution is 2.37. The van der Waals surface area contributed by atoms with Crippen LogP contribution in [0.4, 0.5) is 13.2 Å². The van der Waals surface area contributed by atoms with Gasteiger partial charge in [0.15, 0.2) is 0 Å². The Hall–Kier alpha value is -0.500. The lowest BCUT2D eigenvalue weighted by Gasteiger charge is -2.29. The average molecular weight is 391 g/mol. The maximum Gasteiger partial charge on any atom is 0.573 e. The normalized spacial score (nSPS) is 18.0. The van der Waals surface area contributed by atoms with E-state index in [-0.39, 0.29) is 24.1 Å². The Kier molecular flexibility index (Phi) is 6.77. The highest BCUT2D eigenvalue weighted by atomic mass is 79.9. The maximum absolute atomic E-state index is 12.4. The van der Waals surface area contributed by atoms with Gasteiger partial charge in [-0.15, -0.1) is 25.6 Å². The second-order valence-corrected chi connectivity index (χ2v) is 5.62. The predicted octanol–water partition coefficient (Wildman–Crippen LogP) is 4.20. The van der Waals surface area contributed by atoms with Crippen molar-refractivity contribution in [2.45, 2.75) is 25.2 Å². The third-order valence-electron chi connectivity index (χ3n) is 3.33. The molecule has 0 amide bonds. The summed E-state index contributed by atoms with van der Waals surface area (Å²) in [5.41, 5.74) is 6.50. The molecule has 0 aliphatic carbocycles. The number of benzene rings is 1. The number of rotatable bonds is 3. The molecule has 2 rings (SSSR count). The molecule has 21 heavy (non-hydrogen) atoms. The molecule has 1 heterocycles. The fraction of sp³-hybridized carbons (Fsp3) is 0.538. The van der Waals surface area contributed by atoms with Crippen LogP contribution < -0.4 is 10.5 Å². The second-order valence-electron chi connectivity index (χ2n) is 4.71. The maximum atomic E-state index is 12.4. The Morgan fingerprint density at radius 3 is 2.48 bits per heavy atom. The Balaban J connectivity index is 0.00000220. The molecular weight excluding hydrogens is 374 g/mol. The van der Waals surface area contributed by atoms with Crippen molar-refractivity contribution in [2.24, 2.45) is 11.7 Å². The number of halogens is 5. The summed E-state index contributed by atoms with van der Waals surface area (Å²) in [5.74, 6) is -0.145. The molecule has 1 atom stereocenters. The molecule has 1 aliphatic heterocycles. The van der Waals surface area contributed by atoms with Gasteiger partial charge in [0.1, 0.15) is 5.75 Å². The van der Waals surface area contributed by atoms with Gasteiger partial charge in [-0.1, -0.05) is 15.9 Å². The van der Waals surface area contributed by atoms with Crippen molar-refractivity contribution in [3.63, 3.8) is 0 Å². The van der Waals surface area contributed by atoms with Crippen LogP contribution in [-0.2, 0) is 4.74 Å². The molecule has 1 aromatic carbocycles. The minimum atomic E-state index is -4.72. The van der Waals surface area contributed by atoms with Gasteiger partial charge in [0, 0.05) is 29.3 Å². The van der Waals surface area contributed by atoms with Crippen LogP contribution in [-0.4, -0.2) is 19.6 Å². The Morgan fingerprint density at radius 2 is 1.90 bits per heavy atom. The van der Waals surface area contributed by atoms with Gasteiger partial charge in [-0.2, -0.15) is 0 Å². The van der Waals surface area contributed by atoms with E-state index in [1.807, 2.05) is 0 Å². The average Bonchev–Trinajstić information content (AvgIpc) is 2.39. The fourth-order valence-electron chi connectivity index (χ4n) is 2.33. The van der Waals surface area contributed by atoms with E-state index in [9.17, 15) is 13.2 Å². The summed E-state index contributed by atoms with van der Waals surface area (Å²) in [6.07, 6.45) is -3.25. The van der Waals surface area contributed by atoms with E-state index in [4.69, 9.17) is 10.5 Å². The van der Waals surface area contributed by atoms with Crippen LogP contribution in [0, 0.1) is 5.92 Å². The molecule has 1 saturated heterocycles. The van der Waals surface area contributed by atoms with E-state index in [2.05, 4.69) is 20.7 Å².